The van der Waals surface area contributed by atoms with Crippen molar-refractivity contribution in [2.45, 2.75) is 31.8 Å². The molecular formula is C16H23N3O. The first-order chi connectivity index (χ1) is 9.88. The topological polar surface area (TPSA) is 47.9 Å². The fraction of sp³-hybridized carbons (Fsp3) is 0.562. The second-order valence-corrected chi connectivity index (χ2v) is 5.62. The van der Waals surface area contributed by atoms with E-state index in [2.05, 4.69) is 39.5 Å². The van der Waals surface area contributed by atoms with Crippen molar-refractivity contribution in [1.82, 2.24) is 10.2 Å². The zero-order valence-electron chi connectivity index (χ0n) is 11.9. The molecule has 1 aromatic carbocycles. The molecule has 1 saturated heterocycles. The third-order valence-electron chi connectivity index (χ3n) is 4.25. The van der Waals surface area contributed by atoms with Crippen molar-refractivity contribution < 1.29 is 5.11 Å². The van der Waals surface area contributed by atoms with Gasteiger partial charge >= 0.3 is 0 Å². The van der Waals surface area contributed by atoms with E-state index in [1.54, 1.807) is 0 Å². The van der Waals surface area contributed by atoms with E-state index in [1.165, 1.54) is 17.5 Å². The summed E-state index contributed by atoms with van der Waals surface area (Å²) in [5, 5.41) is 12.9. The molecule has 4 heteroatoms. The molecule has 2 N–H and O–H groups in total. The van der Waals surface area contributed by atoms with E-state index >= 15 is 0 Å². The van der Waals surface area contributed by atoms with Crippen LogP contribution in [-0.2, 0) is 6.54 Å². The number of nitrogens with zero attached hydrogens (tertiary/aromatic N) is 2. The summed E-state index contributed by atoms with van der Waals surface area (Å²) in [7, 11) is 0. The normalized spacial score (nSPS) is 23.4. The molecule has 0 saturated carbocycles. The smallest absolute Gasteiger partial charge is 0.128 e. The van der Waals surface area contributed by atoms with Crippen molar-refractivity contribution in [3.63, 3.8) is 0 Å². The molecule has 2 heterocycles. The maximum Gasteiger partial charge on any atom is 0.128 e. The Morgan fingerprint density at radius 3 is 3.00 bits per heavy atom. The van der Waals surface area contributed by atoms with Crippen molar-refractivity contribution >= 4 is 5.84 Å². The van der Waals surface area contributed by atoms with Gasteiger partial charge < -0.3 is 10.4 Å². The van der Waals surface area contributed by atoms with Crippen LogP contribution in [0.2, 0.25) is 0 Å². The first kappa shape index (κ1) is 13.6. The summed E-state index contributed by atoms with van der Waals surface area (Å²) in [5.74, 6) is 1.03. The molecule has 0 radical (unpaired) electrons. The van der Waals surface area contributed by atoms with Crippen molar-refractivity contribution in [2.24, 2.45) is 4.99 Å². The number of amidine groups is 1. The van der Waals surface area contributed by atoms with Crippen molar-refractivity contribution in [3.05, 3.63) is 35.4 Å². The van der Waals surface area contributed by atoms with E-state index in [1.807, 2.05) is 0 Å². The average molecular weight is 273 g/mol. The molecule has 1 aromatic rings. The summed E-state index contributed by atoms with van der Waals surface area (Å²) < 4.78 is 0. The first-order valence-corrected chi connectivity index (χ1v) is 7.60. The Balaban J connectivity index is 1.81. The van der Waals surface area contributed by atoms with Crippen LogP contribution in [0.5, 0.6) is 0 Å². The zero-order chi connectivity index (χ0) is 13.8. The van der Waals surface area contributed by atoms with Crippen LogP contribution in [0.4, 0.5) is 0 Å². The van der Waals surface area contributed by atoms with Gasteiger partial charge in [0.2, 0.25) is 0 Å². The lowest BCUT2D eigenvalue weighted by molar-refractivity contribution is 0.153. The van der Waals surface area contributed by atoms with E-state index in [-0.39, 0.29) is 6.61 Å². The number of benzene rings is 1. The van der Waals surface area contributed by atoms with Crippen LogP contribution in [0, 0.1) is 0 Å². The Bertz CT molecular complexity index is 486. The van der Waals surface area contributed by atoms with Crippen molar-refractivity contribution in [1.29, 1.82) is 0 Å². The number of likely N-dealkylation sites (tertiary alicyclic amines) is 1. The van der Waals surface area contributed by atoms with E-state index in [4.69, 9.17) is 0 Å². The largest absolute Gasteiger partial charge is 0.395 e. The van der Waals surface area contributed by atoms with Gasteiger partial charge in [0.05, 0.1) is 6.61 Å². The Labute approximate surface area is 120 Å². The van der Waals surface area contributed by atoms with Gasteiger partial charge in [-0.15, -0.1) is 0 Å². The van der Waals surface area contributed by atoms with Crippen LogP contribution in [0.15, 0.2) is 29.3 Å². The minimum Gasteiger partial charge on any atom is -0.395 e. The predicted octanol–water partition coefficient (Wildman–Crippen LogP) is 1.38. The summed E-state index contributed by atoms with van der Waals surface area (Å²) in [6.45, 7) is 4.18. The number of hydrogen-bond acceptors (Lipinski definition) is 4. The van der Waals surface area contributed by atoms with E-state index < -0.39 is 0 Å². The standard InChI is InChI=1S/C16H23N3O/c20-12-14-6-3-10-19(14)11-13-5-1-2-7-15(13)16-17-8-4-9-18-16/h1-2,5,7,14,20H,3-4,6,8-12H2,(H,17,18). The van der Waals surface area contributed by atoms with Crippen LogP contribution in [0.3, 0.4) is 0 Å². The van der Waals surface area contributed by atoms with Gasteiger partial charge in [-0.25, -0.2) is 0 Å². The molecule has 2 aliphatic rings. The molecule has 20 heavy (non-hydrogen) atoms. The summed E-state index contributed by atoms with van der Waals surface area (Å²) in [6, 6.07) is 8.82. The minimum absolute atomic E-state index is 0.265. The van der Waals surface area contributed by atoms with Crippen molar-refractivity contribution in [2.75, 3.05) is 26.2 Å². The van der Waals surface area contributed by atoms with Crippen LogP contribution in [0.1, 0.15) is 30.4 Å². The highest BCUT2D eigenvalue weighted by molar-refractivity contribution is 6.00. The lowest BCUT2D eigenvalue weighted by Gasteiger charge is -2.25. The third kappa shape index (κ3) is 2.86. The van der Waals surface area contributed by atoms with Gasteiger partial charge in [0.15, 0.2) is 0 Å². The van der Waals surface area contributed by atoms with Gasteiger partial charge in [0, 0.05) is 31.2 Å². The van der Waals surface area contributed by atoms with Gasteiger partial charge in [0.1, 0.15) is 5.84 Å². The van der Waals surface area contributed by atoms with Crippen LogP contribution < -0.4 is 5.32 Å². The molecule has 108 valence electrons. The molecule has 0 amide bonds. The number of nitrogens with one attached hydrogen (secondary N) is 1. The lowest BCUT2D eigenvalue weighted by Crippen LogP contribution is -2.34. The highest BCUT2D eigenvalue weighted by Crippen LogP contribution is 2.21. The van der Waals surface area contributed by atoms with Crippen LogP contribution in [0.25, 0.3) is 0 Å². The summed E-state index contributed by atoms with van der Waals surface area (Å²) in [6.07, 6.45) is 3.41. The SMILES string of the molecule is OCC1CCCN1Cc1ccccc1C1=NCCCN1. The molecule has 1 unspecified atom stereocenters. The molecule has 0 spiro atoms. The van der Waals surface area contributed by atoms with E-state index in [0.717, 1.165) is 44.9 Å². The van der Waals surface area contributed by atoms with E-state index in [9.17, 15) is 5.11 Å². The highest BCUT2D eigenvalue weighted by atomic mass is 16.3. The number of aliphatic imine (C=N–C) groups is 1. The van der Waals surface area contributed by atoms with Gasteiger partial charge in [-0.2, -0.15) is 0 Å². The molecule has 0 bridgehead atoms. The van der Waals surface area contributed by atoms with Gasteiger partial charge in [-0.05, 0) is 31.4 Å². The molecule has 3 rings (SSSR count). The Kier molecular flexibility index (Phi) is 4.33. The second kappa shape index (κ2) is 6.37. The molecule has 2 aliphatic heterocycles. The fourth-order valence-electron chi connectivity index (χ4n) is 3.13. The number of aliphatic hydroxyl groups is 1. The molecule has 0 aliphatic carbocycles. The zero-order valence-corrected chi connectivity index (χ0v) is 11.9. The Hall–Kier alpha value is -1.39. The Morgan fingerprint density at radius 1 is 1.30 bits per heavy atom. The number of aliphatic hydroxyl groups excluding tert-OH is 1. The number of rotatable bonds is 4. The average Bonchev–Trinajstić information content (AvgIpc) is 2.96. The molecular weight excluding hydrogens is 250 g/mol. The summed E-state index contributed by atoms with van der Waals surface area (Å²) in [4.78, 5) is 7.00. The highest BCUT2D eigenvalue weighted by Gasteiger charge is 2.24. The van der Waals surface area contributed by atoms with Gasteiger partial charge in [-0.3, -0.25) is 9.89 Å². The molecule has 1 atom stereocenters. The monoisotopic (exact) mass is 273 g/mol. The predicted molar refractivity (Wildman–Crippen MR) is 81.0 cm³/mol. The van der Waals surface area contributed by atoms with Crippen molar-refractivity contribution in [3.8, 4) is 0 Å². The molecule has 0 aromatic heterocycles. The van der Waals surface area contributed by atoms with Crippen LogP contribution in [-0.4, -0.2) is 48.1 Å². The summed E-state index contributed by atoms with van der Waals surface area (Å²) in [5.41, 5.74) is 2.52. The number of hydrogen-bond donors (Lipinski definition) is 2. The van der Waals surface area contributed by atoms with Gasteiger partial charge in [-0.1, -0.05) is 24.3 Å². The lowest BCUT2D eigenvalue weighted by atomic mass is 10.0. The van der Waals surface area contributed by atoms with E-state index in [0.29, 0.717) is 6.04 Å². The fourth-order valence-corrected chi connectivity index (χ4v) is 3.13. The Morgan fingerprint density at radius 2 is 2.20 bits per heavy atom. The first-order valence-electron chi connectivity index (χ1n) is 7.60. The maximum atomic E-state index is 9.45. The summed E-state index contributed by atoms with van der Waals surface area (Å²) >= 11 is 0. The maximum absolute atomic E-state index is 9.45. The minimum atomic E-state index is 0.265. The second-order valence-electron chi connectivity index (χ2n) is 5.62. The van der Waals surface area contributed by atoms with Gasteiger partial charge in [0.25, 0.3) is 0 Å². The quantitative estimate of drug-likeness (QED) is 0.871. The molecule has 1 fully saturated rings. The third-order valence-corrected chi connectivity index (χ3v) is 4.25. The van der Waals surface area contributed by atoms with Crippen LogP contribution >= 0.6 is 0 Å². The molecule has 4 nitrogen and oxygen atoms in total.